The number of aromatic nitrogens is 2. The van der Waals surface area contributed by atoms with Gasteiger partial charge in [0.1, 0.15) is 0 Å². The van der Waals surface area contributed by atoms with Crippen molar-refractivity contribution in [1.29, 1.82) is 0 Å². The first kappa shape index (κ1) is 15.7. The van der Waals surface area contributed by atoms with Crippen molar-refractivity contribution in [2.45, 2.75) is 44.6 Å². The van der Waals surface area contributed by atoms with Crippen LogP contribution < -0.4 is 5.32 Å². The summed E-state index contributed by atoms with van der Waals surface area (Å²) in [5, 5.41) is 17.6. The van der Waals surface area contributed by atoms with Crippen LogP contribution in [0.2, 0.25) is 0 Å². The molecule has 1 saturated carbocycles. The number of carbonyl (C=O) groups is 1. The Morgan fingerprint density at radius 2 is 2.00 bits per heavy atom. The molecule has 0 bridgehead atoms. The average Bonchev–Trinajstić information content (AvgIpc) is 3.20. The van der Waals surface area contributed by atoms with Gasteiger partial charge in [-0.15, -0.1) is 0 Å². The maximum absolute atomic E-state index is 12.5. The number of aliphatic hydroxyl groups is 1. The molecule has 5 nitrogen and oxygen atoms in total. The van der Waals surface area contributed by atoms with Crippen molar-refractivity contribution in [2.24, 2.45) is 0 Å². The lowest BCUT2D eigenvalue weighted by molar-refractivity contribution is 0.0449. The molecule has 1 aliphatic rings. The number of hydrogen-bond donors (Lipinski definition) is 2. The number of rotatable bonds is 5. The zero-order chi connectivity index (χ0) is 16.3. The van der Waals surface area contributed by atoms with Crippen LogP contribution in [0.4, 0.5) is 0 Å². The molecule has 122 valence electrons. The smallest absolute Gasteiger partial charge is 0.254 e. The summed E-state index contributed by atoms with van der Waals surface area (Å²) < 4.78 is 1.80. The topological polar surface area (TPSA) is 67.2 Å². The third-order valence-electron chi connectivity index (χ3n) is 4.56. The molecular weight excluding hydrogens is 290 g/mol. The van der Waals surface area contributed by atoms with Crippen molar-refractivity contribution in [1.82, 2.24) is 15.1 Å². The van der Waals surface area contributed by atoms with Gasteiger partial charge in [-0.05, 0) is 31.4 Å². The molecule has 3 rings (SSSR count). The lowest BCUT2D eigenvalue weighted by atomic mass is 10.0. The minimum atomic E-state index is -0.739. The van der Waals surface area contributed by atoms with Crippen LogP contribution in [0.3, 0.4) is 0 Å². The van der Waals surface area contributed by atoms with Gasteiger partial charge in [0.2, 0.25) is 0 Å². The monoisotopic (exact) mass is 313 g/mol. The number of benzene rings is 1. The van der Waals surface area contributed by atoms with E-state index in [9.17, 15) is 9.90 Å². The number of amides is 1. The first-order valence-corrected chi connectivity index (χ1v) is 8.26. The Morgan fingerprint density at radius 3 is 2.65 bits per heavy atom. The molecule has 0 unspecified atom stereocenters. The van der Waals surface area contributed by atoms with Crippen LogP contribution in [0.15, 0.2) is 36.5 Å². The maximum atomic E-state index is 12.5. The van der Waals surface area contributed by atoms with E-state index in [-0.39, 0.29) is 5.91 Å². The molecule has 1 amide bonds. The van der Waals surface area contributed by atoms with Crippen molar-refractivity contribution < 1.29 is 9.90 Å². The lowest BCUT2D eigenvalue weighted by Gasteiger charge is -2.22. The minimum Gasteiger partial charge on any atom is -0.388 e. The predicted molar refractivity (Wildman–Crippen MR) is 88.7 cm³/mol. The molecule has 0 saturated heterocycles. The Labute approximate surface area is 136 Å². The van der Waals surface area contributed by atoms with Gasteiger partial charge in [-0.3, -0.25) is 4.79 Å². The summed E-state index contributed by atoms with van der Waals surface area (Å²) in [6, 6.07) is 9.79. The second kappa shape index (κ2) is 6.54. The fourth-order valence-corrected chi connectivity index (χ4v) is 3.25. The molecule has 2 N–H and O–H groups in total. The van der Waals surface area contributed by atoms with Crippen molar-refractivity contribution >= 4 is 5.91 Å². The molecule has 1 aromatic heterocycles. The van der Waals surface area contributed by atoms with E-state index in [1.807, 2.05) is 37.3 Å². The SMILES string of the molecule is CCc1c(C(=O)NCC2(O)CCCC2)cnn1-c1ccccc1. The number of para-hydroxylation sites is 1. The van der Waals surface area contributed by atoms with Crippen LogP contribution in [0.25, 0.3) is 5.69 Å². The summed E-state index contributed by atoms with van der Waals surface area (Å²) in [5.74, 6) is -0.163. The molecule has 1 heterocycles. The van der Waals surface area contributed by atoms with Crippen LogP contribution in [0.5, 0.6) is 0 Å². The Bertz CT molecular complexity index is 673. The quantitative estimate of drug-likeness (QED) is 0.891. The van der Waals surface area contributed by atoms with E-state index in [2.05, 4.69) is 10.4 Å². The average molecular weight is 313 g/mol. The van der Waals surface area contributed by atoms with Crippen LogP contribution in [0, 0.1) is 0 Å². The molecule has 1 aromatic carbocycles. The molecule has 1 aliphatic carbocycles. The third-order valence-corrected chi connectivity index (χ3v) is 4.56. The van der Waals surface area contributed by atoms with Gasteiger partial charge >= 0.3 is 0 Å². The summed E-state index contributed by atoms with van der Waals surface area (Å²) >= 11 is 0. The molecule has 23 heavy (non-hydrogen) atoms. The summed E-state index contributed by atoms with van der Waals surface area (Å²) in [6.07, 6.45) is 5.90. The van der Waals surface area contributed by atoms with Gasteiger partial charge in [-0.25, -0.2) is 4.68 Å². The van der Waals surface area contributed by atoms with E-state index in [1.54, 1.807) is 10.9 Å². The number of nitrogens with one attached hydrogen (secondary N) is 1. The van der Waals surface area contributed by atoms with E-state index in [0.29, 0.717) is 18.5 Å². The molecule has 0 aliphatic heterocycles. The number of carbonyl (C=O) groups excluding carboxylic acids is 1. The van der Waals surface area contributed by atoms with Gasteiger partial charge in [0, 0.05) is 6.54 Å². The fourth-order valence-electron chi connectivity index (χ4n) is 3.25. The van der Waals surface area contributed by atoms with Crippen LogP contribution >= 0.6 is 0 Å². The minimum absolute atomic E-state index is 0.163. The van der Waals surface area contributed by atoms with Crippen LogP contribution in [0.1, 0.15) is 48.7 Å². The van der Waals surface area contributed by atoms with Gasteiger partial charge in [0.15, 0.2) is 0 Å². The molecule has 0 atom stereocenters. The first-order valence-electron chi connectivity index (χ1n) is 8.26. The van der Waals surface area contributed by atoms with E-state index in [0.717, 1.165) is 37.1 Å². The lowest BCUT2D eigenvalue weighted by Crippen LogP contribution is -2.40. The van der Waals surface area contributed by atoms with Gasteiger partial charge < -0.3 is 10.4 Å². The van der Waals surface area contributed by atoms with E-state index in [1.165, 1.54) is 0 Å². The zero-order valence-corrected chi connectivity index (χ0v) is 13.5. The van der Waals surface area contributed by atoms with E-state index >= 15 is 0 Å². The zero-order valence-electron chi connectivity index (χ0n) is 13.5. The Balaban J connectivity index is 1.77. The summed E-state index contributed by atoms with van der Waals surface area (Å²) in [5.41, 5.74) is 1.67. The van der Waals surface area contributed by atoms with E-state index < -0.39 is 5.60 Å². The summed E-state index contributed by atoms with van der Waals surface area (Å²) in [7, 11) is 0. The van der Waals surface area contributed by atoms with Crippen molar-refractivity contribution in [2.75, 3.05) is 6.54 Å². The molecule has 5 heteroatoms. The highest BCUT2D eigenvalue weighted by molar-refractivity contribution is 5.95. The highest BCUT2D eigenvalue weighted by Crippen LogP contribution is 2.28. The highest BCUT2D eigenvalue weighted by Gasteiger charge is 2.31. The largest absolute Gasteiger partial charge is 0.388 e. The normalized spacial score (nSPS) is 16.4. The highest BCUT2D eigenvalue weighted by atomic mass is 16.3. The van der Waals surface area contributed by atoms with Gasteiger partial charge in [-0.1, -0.05) is 38.0 Å². The molecule has 0 spiro atoms. The Morgan fingerprint density at radius 1 is 1.30 bits per heavy atom. The van der Waals surface area contributed by atoms with Crippen molar-refractivity contribution in [3.8, 4) is 5.69 Å². The fraction of sp³-hybridized carbons (Fsp3) is 0.444. The standard InChI is InChI=1S/C18H23N3O2/c1-2-16-15(12-20-21(16)14-8-4-3-5-9-14)17(22)19-13-18(23)10-6-7-11-18/h3-5,8-9,12,23H,2,6-7,10-11,13H2,1H3,(H,19,22). The van der Waals surface area contributed by atoms with Crippen molar-refractivity contribution in [3.63, 3.8) is 0 Å². The molecule has 1 fully saturated rings. The van der Waals surface area contributed by atoms with E-state index in [4.69, 9.17) is 0 Å². The van der Waals surface area contributed by atoms with Crippen LogP contribution in [-0.2, 0) is 6.42 Å². The summed E-state index contributed by atoms with van der Waals surface area (Å²) in [4.78, 5) is 12.5. The Kier molecular flexibility index (Phi) is 4.48. The first-order chi connectivity index (χ1) is 11.1. The molecular formula is C18H23N3O2. The van der Waals surface area contributed by atoms with Gasteiger partial charge in [0.05, 0.1) is 28.7 Å². The third kappa shape index (κ3) is 3.29. The number of hydrogen-bond acceptors (Lipinski definition) is 3. The maximum Gasteiger partial charge on any atom is 0.254 e. The Hall–Kier alpha value is -2.14. The predicted octanol–water partition coefficient (Wildman–Crippen LogP) is 2.47. The molecule has 2 aromatic rings. The second-order valence-corrected chi connectivity index (χ2v) is 6.22. The second-order valence-electron chi connectivity index (χ2n) is 6.22. The summed E-state index contributed by atoms with van der Waals surface area (Å²) in [6.45, 7) is 2.32. The molecule has 0 radical (unpaired) electrons. The van der Waals surface area contributed by atoms with Gasteiger partial charge in [-0.2, -0.15) is 5.10 Å². The van der Waals surface area contributed by atoms with Crippen molar-refractivity contribution in [3.05, 3.63) is 47.8 Å². The van der Waals surface area contributed by atoms with Gasteiger partial charge in [0.25, 0.3) is 5.91 Å². The number of nitrogens with zero attached hydrogens (tertiary/aromatic N) is 2. The van der Waals surface area contributed by atoms with Crippen LogP contribution in [-0.4, -0.2) is 32.9 Å².